The van der Waals surface area contributed by atoms with Gasteiger partial charge in [-0.25, -0.2) is 4.39 Å². The average Bonchev–Trinajstić information content (AvgIpc) is 2.02. The molecule has 5 heteroatoms. The smallest absolute Gasteiger partial charge is 0.290 e. The van der Waals surface area contributed by atoms with Gasteiger partial charge in [-0.15, -0.1) is 0 Å². The molecule has 1 atom stereocenters. The van der Waals surface area contributed by atoms with E-state index in [9.17, 15) is 13.2 Å². The molecule has 78 valence electrons. The average molecular weight is 268 g/mol. The van der Waals surface area contributed by atoms with E-state index >= 15 is 0 Å². The molecule has 0 bridgehead atoms. The minimum atomic E-state index is -3.34. The first-order valence-corrected chi connectivity index (χ1v) is 4.74. The molecule has 0 spiro atoms. The Morgan fingerprint density at radius 2 is 2.00 bits per heavy atom. The first kappa shape index (κ1) is 11.5. The van der Waals surface area contributed by atoms with Crippen molar-refractivity contribution < 1.29 is 13.2 Å². The second kappa shape index (κ2) is 3.90. The molecule has 1 rings (SSSR count). The van der Waals surface area contributed by atoms with Crippen molar-refractivity contribution in [1.29, 1.82) is 0 Å². The third-order valence-electron chi connectivity index (χ3n) is 1.86. The molecule has 1 unspecified atom stereocenters. The van der Waals surface area contributed by atoms with Gasteiger partial charge in [-0.05, 0) is 25.1 Å². The lowest BCUT2D eigenvalue weighted by atomic mass is 10.0. The second-order valence-corrected chi connectivity index (χ2v) is 3.95. The lowest BCUT2D eigenvalue weighted by molar-refractivity contribution is -0.0288. The van der Waals surface area contributed by atoms with Gasteiger partial charge in [0.15, 0.2) is 0 Å². The molecule has 0 heterocycles. The van der Waals surface area contributed by atoms with Crippen LogP contribution < -0.4 is 5.73 Å². The van der Waals surface area contributed by atoms with E-state index in [2.05, 4.69) is 15.9 Å². The summed E-state index contributed by atoms with van der Waals surface area (Å²) >= 11 is 2.98. The number of hydrogen-bond donors (Lipinski definition) is 1. The van der Waals surface area contributed by atoms with Gasteiger partial charge in [0, 0.05) is 4.47 Å². The van der Waals surface area contributed by atoms with Crippen LogP contribution in [0.25, 0.3) is 0 Å². The predicted molar refractivity (Wildman–Crippen MR) is 51.6 cm³/mol. The van der Waals surface area contributed by atoms with Crippen molar-refractivity contribution in [2.75, 3.05) is 0 Å². The summed E-state index contributed by atoms with van der Waals surface area (Å²) in [5.41, 5.74) is 4.41. The number of rotatable bonds is 2. The van der Waals surface area contributed by atoms with Crippen molar-refractivity contribution in [2.45, 2.75) is 18.9 Å². The van der Waals surface area contributed by atoms with Crippen LogP contribution in [0.3, 0.4) is 0 Å². The predicted octanol–water partition coefficient (Wildman–Crippen LogP) is 3.03. The Morgan fingerprint density at radius 1 is 1.43 bits per heavy atom. The topological polar surface area (TPSA) is 26.0 Å². The zero-order valence-corrected chi connectivity index (χ0v) is 8.98. The summed E-state index contributed by atoms with van der Waals surface area (Å²) in [6.07, 6.45) is 0. The molecule has 2 N–H and O–H groups in total. The standard InChI is InChI=1S/C9H9BrF3N/c1-5(14)9(12,13)7-3-2-6(10)4-8(7)11/h2-5H,14H2,1H3. The fourth-order valence-electron chi connectivity index (χ4n) is 1.01. The molecule has 14 heavy (non-hydrogen) atoms. The Morgan fingerprint density at radius 3 is 2.43 bits per heavy atom. The van der Waals surface area contributed by atoms with Crippen LogP contribution in [0.1, 0.15) is 12.5 Å². The Hall–Kier alpha value is -0.550. The van der Waals surface area contributed by atoms with Crippen LogP contribution in [0, 0.1) is 5.82 Å². The quantitative estimate of drug-likeness (QED) is 0.876. The molecule has 0 fully saturated rings. The molecule has 0 saturated heterocycles. The van der Waals surface area contributed by atoms with E-state index in [4.69, 9.17) is 5.73 Å². The number of alkyl halides is 2. The number of halogens is 4. The first-order chi connectivity index (χ1) is 6.35. The monoisotopic (exact) mass is 267 g/mol. The lowest BCUT2D eigenvalue weighted by Crippen LogP contribution is -2.36. The van der Waals surface area contributed by atoms with Crippen molar-refractivity contribution in [3.63, 3.8) is 0 Å². The Kier molecular flexibility index (Phi) is 3.21. The largest absolute Gasteiger partial charge is 0.323 e. The van der Waals surface area contributed by atoms with Crippen molar-refractivity contribution >= 4 is 15.9 Å². The second-order valence-electron chi connectivity index (χ2n) is 3.04. The van der Waals surface area contributed by atoms with Crippen LogP contribution in [0.5, 0.6) is 0 Å². The molecule has 0 aliphatic rings. The molecular weight excluding hydrogens is 259 g/mol. The maximum absolute atomic E-state index is 13.3. The zero-order chi connectivity index (χ0) is 10.9. The highest BCUT2D eigenvalue weighted by molar-refractivity contribution is 9.10. The van der Waals surface area contributed by atoms with Crippen molar-refractivity contribution in [3.8, 4) is 0 Å². The maximum atomic E-state index is 13.3. The molecule has 0 aromatic heterocycles. The van der Waals surface area contributed by atoms with E-state index in [1.54, 1.807) is 0 Å². The van der Waals surface area contributed by atoms with Crippen LogP contribution in [-0.4, -0.2) is 6.04 Å². The lowest BCUT2D eigenvalue weighted by Gasteiger charge is -2.21. The maximum Gasteiger partial charge on any atom is 0.290 e. The van der Waals surface area contributed by atoms with Gasteiger partial charge in [0.2, 0.25) is 0 Å². The van der Waals surface area contributed by atoms with E-state index in [0.29, 0.717) is 4.47 Å². The summed E-state index contributed by atoms with van der Waals surface area (Å²) in [6.45, 7) is 1.14. The van der Waals surface area contributed by atoms with E-state index in [1.807, 2.05) is 0 Å². The van der Waals surface area contributed by atoms with Crippen LogP contribution in [-0.2, 0) is 5.92 Å². The Balaban J connectivity index is 3.19. The van der Waals surface area contributed by atoms with Crippen LogP contribution in [0.15, 0.2) is 22.7 Å². The van der Waals surface area contributed by atoms with E-state index in [-0.39, 0.29) is 0 Å². The van der Waals surface area contributed by atoms with Gasteiger partial charge in [-0.3, -0.25) is 0 Å². The minimum Gasteiger partial charge on any atom is -0.323 e. The summed E-state index contributed by atoms with van der Waals surface area (Å²) in [7, 11) is 0. The first-order valence-electron chi connectivity index (χ1n) is 3.94. The minimum absolute atomic E-state index is 0.416. The molecule has 0 aliphatic heterocycles. The highest BCUT2D eigenvalue weighted by Crippen LogP contribution is 2.33. The number of nitrogens with two attached hydrogens (primary N) is 1. The van der Waals surface area contributed by atoms with Gasteiger partial charge in [-0.2, -0.15) is 8.78 Å². The van der Waals surface area contributed by atoms with E-state index in [1.165, 1.54) is 6.07 Å². The number of hydrogen-bond acceptors (Lipinski definition) is 1. The Labute approximate surface area is 88.2 Å². The molecule has 0 radical (unpaired) electrons. The Bertz CT molecular complexity index is 339. The molecule has 1 nitrogen and oxygen atoms in total. The summed E-state index contributed by atoms with van der Waals surface area (Å²) in [6, 6.07) is 1.96. The van der Waals surface area contributed by atoms with Crippen molar-refractivity contribution in [1.82, 2.24) is 0 Å². The van der Waals surface area contributed by atoms with Crippen LogP contribution in [0.2, 0.25) is 0 Å². The molecular formula is C9H9BrF3N. The van der Waals surface area contributed by atoms with Gasteiger partial charge in [-0.1, -0.05) is 15.9 Å². The van der Waals surface area contributed by atoms with Crippen LogP contribution in [0.4, 0.5) is 13.2 Å². The zero-order valence-electron chi connectivity index (χ0n) is 7.40. The highest BCUT2D eigenvalue weighted by atomic mass is 79.9. The summed E-state index contributed by atoms with van der Waals surface area (Å²) in [4.78, 5) is 0. The van der Waals surface area contributed by atoms with E-state index in [0.717, 1.165) is 19.1 Å². The van der Waals surface area contributed by atoms with E-state index < -0.39 is 23.3 Å². The molecule has 0 aliphatic carbocycles. The summed E-state index contributed by atoms with van der Waals surface area (Å²) < 4.78 is 40.1. The normalized spacial score (nSPS) is 14.1. The van der Waals surface area contributed by atoms with Crippen molar-refractivity contribution in [2.24, 2.45) is 5.73 Å². The number of benzene rings is 1. The van der Waals surface area contributed by atoms with Gasteiger partial charge in [0.25, 0.3) is 5.92 Å². The summed E-state index contributed by atoms with van der Waals surface area (Å²) in [5.74, 6) is -4.30. The third kappa shape index (κ3) is 2.09. The third-order valence-corrected chi connectivity index (χ3v) is 2.36. The fraction of sp³-hybridized carbons (Fsp3) is 0.333. The van der Waals surface area contributed by atoms with Gasteiger partial charge < -0.3 is 5.73 Å². The molecule has 1 aromatic carbocycles. The fourth-order valence-corrected chi connectivity index (χ4v) is 1.34. The van der Waals surface area contributed by atoms with Gasteiger partial charge >= 0.3 is 0 Å². The van der Waals surface area contributed by atoms with Crippen LogP contribution >= 0.6 is 15.9 Å². The van der Waals surface area contributed by atoms with Gasteiger partial charge in [0.1, 0.15) is 5.82 Å². The molecule has 0 amide bonds. The summed E-state index contributed by atoms with van der Waals surface area (Å²) in [5, 5.41) is 0. The van der Waals surface area contributed by atoms with Crippen molar-refractivity contribution in [3.05, 3.63) is 34.1 Å². The molecule has 1 aromatic rings. The van der Waals surface area contributed by atoms with Gasteiger partial charge in [0.05, 0.1) is 11.6 Å². The molecule has 0 saturated carbocycles. The SMILES string of the molecule is CC(N)C(F)(F)c1ccc(Br)cc1F. The highest BCUT2D eigenvalue weighted by Gasteiger charge is 2.38.